The molecule has 0 fully saturated rings. The summed E-state index contributed by atoms with van der Waals surface area (Å²) in [4.78, 5) is 38.4. The summed E-state index contributed by atoms with van der Waals surface area (Å²) in [5.41, 5.74) is 1.04. The molecule has 0 radical (unpaired) electrons. The normalized spacial score (nSPS) is 17.6. The van der Waals surface area contributed by atoms with E-state index in [1.54, 1.807) is 25.3 Å². The van der Waals surface area contributed by atoms with Gasteiger partial charge in [-0.2, -0.15) is 0 Å². The Morgan fingerprint density at radius 2 is 2.00 bits per heavy atom. The predicted octanol–water partition coefficient (Wildman–Crippen LogP) is 3.22. The molecule has 0 unspecified atom stereocenters. The molecule has 182 valence electrons. The van der Waals surface area contributed by atoms with Crippen LogP contribution in [-0.4, -0.2) is 44.0 Å². The molecular weight excluding hydrogens is 458 g/mol. The highest BCUT2D eigenvalue weighted by Crippen LogP contribution is 2.24. The third-order valence-electron chi connectivity index (χ3n) is 5.51. The summed E-state index contributed by atoms with van der Waals surface area (Å²) < 4.78 is 11.1. The Morgan fingerprint density at radius 3 is 2.82 bits per heavy atom. The van der Waals surface area contributed by atoms with Crippen LogP contribution in [0.1, 0.15) is 48.0 Å². The molecule has 1 heterocycles. The van der Waals surface area contributed by atoms with Crippen molar-refractivity contribution in [2.24, 2.45) is 0 Å². The zero-order chi connectivity index (χ0) is 24.3. The SMILES string of the molecule is COc1ccccc1CNC(=O)[C@@H]1CCC(=O)NCCCCCOc2ccc(Cl)cc2C(=O)N1. The van der Waals surface area contributed by atoms with Gasteiger partial charge in [0.15, 0.2) is 0 Å². The zero-order valence-electron chi connectivity index (χ0n) is 19.2. The van der Waals surface area contributed by atoms with Gasteiger partial charge in [-0.25, -0.2) is 0 Å². The zero-order valence-corrected chi connectivity index (χ0v) is 20.0. The molecule has 1 aliphatic rings. The van der Waals surface area contributed by atoms with E-state index in [2.05, 4.69) is 16.0 Å². The van der Waals surface area contributed by atoms with Gasteiger partial charge in [0.05, 0.1) is 19.3 Å². The van der Waals surface area contributed by atoms with Crippen LogP contribution in [0.4, 0.5) is 0 Å². The fraction of sp³-hybridized carbons (Fsp3) is 0.400. The van der Waals surface area contributed by atoms with E-state index >= 15 is 0 Å². The molecule has 0 bridgehead atoms. The second kappa shape index (κ2) is 12.8. The molecule has 3 amide bonds. The first-order valence-corrected chi connectivity index (χ1v) is 11.7. The number of hydrogen-bond acceptors (Lipinski definition) is 5. The van der Waals surface area contributed by atoms with Crippen molar-refractivity contribution in [1.82, 2.24) is 16.0 Å². The van der Waals surface area contributed by atoms with Crippen molar-refractivity contribution in [3.05, 3.63) is 58.6 Å². The molecular formula is C25H30ClN3O5. The smallest absolute Gasteiger partial charge is 0.255 e. The summed E-state index contributed by atoms with van der Waals surface area (Å²) in [6.07, 6.45) is 2.73. The summed E-state index contributed by atoms with van der Waals surface area (Å²) in [7, 11) is 1.56. The Morgan fingerprint density at radius 1 is 1.18 bits per heavy atom. The van der Waals surface area contributed by atoms with Gasteiger partial charge in [0.2, 0.25) is 11.8 Å². The summed E-state index contributed by atoms with van der Waals surface area (Å²) in [6.45, 7) is 1.20. The third-order valence-corrected chi connectivity index (χ3v) is 5.75. The highest BCUT2D eigenvalue weighted by atomic mass is 35.5. The second-order valence-corrected chi connectivity index (χ2v) is 8.43. The quantitative estimate of drug-likeness (QED) is 0.614. The monoisotopic (exact) mass is 487 g/mol. The molecule has 9 heteroatoms. The lowest BCUT2D eigenvalue weighted by Gasteiger charge is -2.20. The number of hydrogen-bond donors (Lipinski definition) is 3. The molecule has 0 saturated heterocycles. The average molecular weight is 488 g/mol. The van der Waals surface area contributed by atoms with Gasteiger partial charge in [0, 0.05) is 30.1 Å². The Bertz CT molecular complexity index is 1010. The van der Waals surface area contributed by atoms with E-state index in [-0.39, 0.29) is 30.9 Å². The number of fused-ring (bicyclic) bond motifs is 1. The second-order valence-electron chi connectivity index (χ2n) is 7.99. The number of ether oxygens (including phenoxy) is 2. The minimum absolute atomic E-state index is 0.103. The first-order valence-electron chi connectivity index (χ1n) is 11.4. The van der Waals surface area contributed by atoms with Crippen molar-refractivity contribution in [1.29, 1.82) is 0 Å². The predicted molar refractivity (Wildman–Crippen MR) is 129 cm³/mol. The van der Waals surface area contributed by atoms with E-state index in [1.807, 2.05) is 18.2 Å². The number of carbonyl (C=O) groups excluding carboxylic acids is 3. The van der Waals surface area contributed by atoms with Crippen molar-refractivity contribution >= 4 is 29.3 Å². The van der Waals surface area contributed by atoms with Crippen LogP contribution in [0.5, 0.6) is 11.5 Å². The van der Waals surface area contributed by atoms with Crippen LogP contribution in [0, 0.1) is 0 Å². The van der Waals surface area contributed by atoms with E-state index in [1.165, 1.54) is 6.07 Å². The lowest BCUT2D eigenvalue weighted by atomic mass is 10.1. The van der Waals surface area contributed by atoms with Crippen LogP contribution >= 0.6 is 11.6 Å². The first kappa shape index (κ1) is 25.4. The molecule has 1 atom stereocenters. The van der Waals surface area contributed by atoms with Gasteiger partial charge in [-0.3, -0.25) is 14.4 Å². The van der Waals surface area contributed by atoms with Crippen LogP contribution < -0.4 is 25.4 Å². The maximum absolute atomic E-state index is 13.1. The Hall–Kier alpha value is -3.26. The lowest BCUT2D eigenvalue weighted by molar-refractivity contribution is -0.124. The van der Waals surface area contributed by atoms with E-state index < -0.39 is 17.9 Å². The van der Waals surface area contributed by atoms with Gasteiger partial charge in [0.25, 0.3) is 5.91 Å². The van der Waals surface area contributed by atoms with Crippen LogP contribution in [-0.2, 0) is 16.1 Å². The van der Waals surface area contributed by atoms with Crippen LogP contribution in [0.15, 0.2) is 42.5 Å². The topological polar surface area (TPSA) is 106 Å². The van der Waals surface area contributed by atoms with Gasteiger partial charge in [-0.15, -0.1) is 0 Å². The number of nitrogens with one attached hydrogen (secondary N) is 3. The molecule has 0 aliphatic carbocycles. The van der Waals surface area contributed by atoms with Crippen LogP contribution in [0.25, 0.3) is 0 Å². The summed E-state index contributed by atoms with van der Waals surface area (Å²) in [5, 5.41) is 8.83. The molecule has 2 aromatic carbocycles. The number of amides is 3. The third kappa shape index (κ3) is 7.38. The van der Waals surface area contributed by atoms with E-state index in [0.717, 1.165) is 24.8 Å². The molecule has 3 N–H and O–H groups in total. The fourth-order valence-corrected chi connectivity index (χ4v) is 3.81. The first-order chi connectivity index (χ1) is 16.5. The molecule has 8 nitrogen and oxygen atoms in total. The number of benzene rings is 2. The van der Waals surface area contributed by atoms with Crippen LogP contribution in [0.3, 0.4) is 0 Å². The number of methoxy groups -OCH3 is 1. The maximum atomic E-state index is 13.1. The molecule has 0 aromatic heterocycles. The minimum Gasteiger partial charge on any atom is -0.496 e. The molecule has 0 saturated carbocycles. The van der Waals surface area contributed by atoms with Gasteiger partial charge in [-0.05, 0) is 49.9 Å². The van der Waals surface area contributed by atoms with Gasteiger partial charge in [-0.1, -0.05) is 29.8 Å². The van der Waals surface area contributed by atoms with E-state index in [0.29, 0.717) is 29.7 Å². The fourth-order valence-electron chi connectivity index (χ4n) is 3.64. The Kier molecular flexibility index (Phi) is 9.58. The number of halogens is 1. The van der Waals surface area contributed by atoms with Crippen molar-refractivity contribution < 1.29 is 23.9 Å². The van der Waals surface area contributed by atoms with Crippen molar-refractivity contribution in [3.8, 4) is 11.5 Å². The molecule has 34 heavy (non-hydrogen) atoms. The number of rotatable bonds is 4. The Balaban J connectivity index is 1.78. The van der Waals surface area contributed by atoms with Gasteiger partial charge < -0.3 is 25.4 Å². The van der Waals surface area contributed by atoms with E-state index in [4.69, 9.17) is 21.1 Å². The standard InChI is InChI=1S/C25H30ClN3O5/c1-33-21-8-4-3-7-17(21)16-28-25(32)20-10-12-23(30)27-13-5-2-6-14-34-22-11-9-18(26)15-19(22)24(31)29-20/h3-4,7-9,11,15,20H,2,5-6,10,12-14,16H2,1H3,(H,27,30)(H,28,32)(H,29,31)/t20-/m0/s1. The molecule has 2 aromatic rings. The summed E-state index contributed by atoms with van der Waals surface area (Å²) in [6, 6.07) is 11.2. The number of carbonyl (C=O) groups is 3. The molecule has 1 aliphatic heterocycles. The van der Waals surface area contributed by atoms with Gasteiger partial charge >= 0.3 is 0 Å². The van der Waals surface area contributed by atoms with E-state index in [9.17, 15) is 14.4 Å². The largest absolute Gasteiger partial charge is 0.496 e. The highest BCUT2D eigenvalue weighted by molar-refractivity contribution is 6.31. The maximum Gasteiger partial charge on any atom is 0.255 e. The minimum atomic E-state index is -0.926. The summed E-state index contributed by atoms with van der Waals surface area (Å²) >= 11 is 6.12. The summed E-state index contributed by atoms with van der Waals surface area (Å²) in [5.74, 6) is -0.00871. The van der Waals surface area contributed by atoms with Crippen molar-refractivity contribution in [3.63, 3.8) is 0 Å². The van der Waals surface area contributed by atoms with Gasteiger partial charge in [0.1, 0.15) is 17.5 Å². The van der Waals surface area contributed by atoms with Crippen molar-refractivity contribution in [2.45, 2.75) is 44.7 Å². The lowest BCUT2D eigenvalue weighted by Crippen LogP contribution is -2.47. The van der Waals surface area contributed by atoms with Crippen LogP contribution in [0.2, 0.25) is 5.02 Å². The molecule has 0 spiro atoms. The average Bonchev–Trinajstić information content (AvgIpc) is 2.85. The number of para-hydroxylation sites is 1. The van der Waals surface area contributed by atoms with Crippen molar-refractivity contribution in [2.75, 3.05) is 20.3 Å². The highest BCUT2D eigenvalue weighted by Gasteiger charge is 2.24. The molecule has 3 rings (SSSR count). The Labute approximate surface area is 204 Å².